The molecular weight excluding hydrogens is 151 g/mol. The minimum Gasteiger partial charge on any atom is -0.134 e. The van der Waals surface area contributed by atoms with Gasteiger partial charge in [0.25, 0.3) is 0 Å². The Labute approximate surface area is 72.3 Å². The monoisotopic (exact) mass is 170 g/mol. The summed E-state index contributed by atoms with van der Waals surface area (Å²) < 4.78 is 0. The van der Waals surface area contributed by atoms with Crippen LogP contribution < -0.4 is 0 Å². The van der Waals surface area contributed by atoms with Gasteiger partial charge in [0.1, 0.15) is 0 Å². The molecule has 0 heterocycles. The standard InChI is InChI=1S/C10H19P/c1-6-3-8-5-7(2)10(11)9(8)4-6/h6-10H,3-5,11H2,1-2H3. The van der Waals surface area contributed by atoms with Crippen LogP contribution in [-0.4, -0.2) is 5.66 Å². The van der Waals surface area contributed by atoms with Crippen molar-refractivity contribution in [1.82, 2.24) is 0 Å². The predicted octanol–water partition coefficient (Wildman–Crippen LogP) is 2.93. The van der Waals surface area contributed by atoms with Gasteiger partial charge in [-0.25, -0.2) is 0 Å². The molecule has 0 N–H and O–H groups in total. The van der Waals surface area contributed by atoms with Crippen molar-refractivity contribution >= 4 is 9.24 Å². The molecule has 0 aromatic heterocycles. The fraction of sp³-hybridized carbons (Fsp3) is 1.00. The number of rotatable bonds is 0. The number of hydrogen-bond donors (Lipinski definition) is 0. The third-order valence-corrected chi connectivity index (χ3v) is 4.96. The number of hydrogen-bond acceptors (Lipinski definition) is 0. The van der Waals surface area contributed by atoms with E-state index < -0.39 is 0 Å². The summed E-state index contributed by atoms with van der Waals surface area (Å²) in [4.78, 5) is 0. The van der Waals surface area contributed by atoms with Crippen molar-refractivity contribution in [1.29, 1.82) is 0 Å². The van der Waals surface area contributed by atoms with Gasteiger partial charge < -0.3 is 0 Å². The average molecular weight is 170 g/mol. The van der Waals surface area contributed by atoms with Crippen molar-refractivity contribution < 1.29 is 0 Å². The van der Waals surface area contributed by atoms with E-state index in [1.165, 1.54) is 19.3 Å². The van der Waals surface area contributed by atoms with Crippen molar-refractivity contribution in [2.45, 2.75) is 38.8 Å². The van der Waals surface area contributed by atoms with Crippen LogP contribution >= 0.6 is 9.24 Å². The van der Waals surface area contributed by atoms with Crippen LogP contribution in [-0.2, 0) is 0 Å². The molecule has 0 saturated heterocycles. The van der Waals surface area contributed by atoms with E-state index in [1.54, 1.807) is 0 Å². The molecule has 6 atom stereocenters. The Bertz CT molecular complexity index is 155. The van der Waals surface area contributed by atoms with Gasteiger partial charge in [-0.15, -0.1) is 9.24 Å². The Morgan fingerprint density at radius 1 is 1.09 bits per heavy atom. The summed E-state index contributed by atoms with van der Waals surface area (Å²) in [6.07, 6.45) is 4.52. The van der Waals surface area contributed by atoms with E-state index in [-0.39, 0.29) is 0 Å². The van der Waals surface area contributed by atoms with Crippen LogP contribution in [0.25, 0.3) is 0 Å². The Morgan fingerprint density at radius 2 is 1.82 bits per heavy atom. The first-order valence-corrected chi connectivity index (χ1v) is 5.60. The molecule has 2 fully saturated rings. The second-order valence-corrected chi connectivity index (χ2v) is 5.56. The molecule has 64 valence electrons. The van der Waals surface area contributed by atoms with Gasteiger partial charge in [0.05, 0.1) is 0 Å². The average Bonchev–Trinajstić information content (AvgIpc) is 2.37. The topological polar surface area (TPSA) is 0 Å². The quantitative estimate of drug-likeness (QED) is 0.490. The van der Waals surface area contributed by atoms with E-state index in [0.717, 1.165) is 29.3 Å². The van der Waals surface area contributed by atoms with E-state index in [1.807, 2.05) is 0 Å². The summed E-state index contributed by atoms with van der Waals surface area (Å²) in [7, 11) is 3.08. The molecule has 0 aliphatic heterocycles. The lowest BCUT2D eigenvalue weighted by atomic mass is 10.0. The van der Waals surface area contributed by atoms with Crippen LogP contribution in [0.2, 0.25) is 0 Å². The minimum atomic E-state index is 0.935. The highest BCUT2D eigenvalue weighted by Crippen LogP contribution is 2.51. The van der Waals surface area contributed by atoms with Crippen molar-refractivity contribution in [2.24, 2.45) is 23.7 Å². The Kier molecular flexibility index (Phi) is 2.00. The predicted molar refractivity (Wildman–Crippen MR) is 52.7 cm³/mol. The summed E-state index contributed by atoms with van der Waals surface area (Å²) in [6.45, 7) is 4.83. The van der Waals surface area contributed by atoms with E-state index >= 15 is 0 Å². The third kappa shape index (κ3) is 1.24. The Balaban J connectivity index is 2.07. The second-order valence-electron chi connectivity index (χ2n) is 4.79. The van der Waals surface area contributed by atoms with Crippen molar-refractivity contribution in [3.8, 4) is 0 Å². The van der Waals surface area contributed by atoms with E-state index in [9.17, 15) is 0 Å². The van der Waals surface area contributed by atoms with Gasteiger partial charge in [-0.2, -0.15) is 0 Å². The van der Waals surface area contributed by atoms with Crippen LogP contribution in [0.5, 0.6) is 0 Å². The summed E-state index contributed by atoms with van der Waals surface area (Å²) in [5.41, 5.74) is 0.935. The zero-order valence-electron chi connectivity index (χ0n) is 7.59. The summed E-state index contributed by atoms with van der Waals surface area (Å²) in [5.74, 6) is 4.13. The van der Waals surface area contributed by atoms with E-state index in [0.29, 0.717) is 0 Å². The highest BCUT2D eigenvalue weighted by atomic mass is 31.0. The van der Waals surface area contributed by atoms with Gasteiger partial charge in [0, 0.05) is 0 Å². The minimum absolute atomic E-state index is 0.935. The van der Waals surface area contributed by atoms with Crippen LogP contribution in [0.3, 0.4) is 0 Å². The molecule has 11 heavy (non-hydrogen) atoms. The molecule has 0 spiro atoms. The molecule has 6 unspecified atom stereocenters. The normalized spacial score (nSPS) is 56.5. The van der Waals surface area contributed by atoms with Crippen LogP contribution in [0.4, 0.5) is 0 Å². The molecule has 0 radical (unpaired) electrons. The van der Waals surface area contributed by atoms with Crippen molar-refractivity contribution in [2.75, 3.05) is 0 Å². The van der Waals surface area contributed by atoms with Crippen LogP contribution in [0.1, 0.15) is 33.1 Å². The molecule has 0 amide bonds. The van der Waals surface area contributed by atoms with Crippen molar-refractivity contribution in [3.63, 3.8) is 0 Å². The van der Waals surface area contributed by atoms with Gasteiger partial charge >= 0.3 is 0 Å². The van der Waals surface area contributed by atoms with Crippen LogP contribution in [0, 0.1) is 23.7 Å². The number of fused-ring (bicyclic) bond motifs is 1. The fourth-order valence-corrected chi connectivity index (χ4v) is 3.87. The van der Waals surface area contributed by atoms with Crippen LogP contribution in [0.15, 0.2) is 0 Å². The fourth-order valence-electron chi connectivity index (χ4n) is 3.24. The maximum atomic E-state index is 3.08. The molecule has 0 aromatic carbocycles. The lowest BCUT2D eigenvalue weighted by Crippen LogP contribution is -2.12. The van der Waals surface area contributed by atoms with Gasteiger partial charge in [0.15, 0.2) is 0 Å². The lowest BCUT2D eigenvalue weighted by molar-refractivity contribution is 0.460. The Hall–Kier alpha value is 0.430. The molecule has 1 heteroatoms. The maximum absolute atomic E-state index is 3.08. The highest BCUT2D eigenvalue weighted by molar-refractivity contribution is 7.17. The van der Waals surface area contributed by atoms with E-state index in [4.69, 9.17) is 0 Å². The van der Waals surface area contributed by atoms with Crippen molar-refractivity contribution in [3.05, 3.63) is 0 Å². The zero-order chi connectivity index (χ0) is 8.01. The summed E-state index contributed by atoms with van der Waals surface area (Å²) in [6, 6.07) is 0. The first-order chi connectivity index (χ1) is 5.18. The third-order valence-electron chi connectivity index (χ3n) is 3.81. The molecule has 2 saturated carbocycles. The Morgan fingerprint density at radius 3 is 2.45 bits per heavy atom. The first kappa shape index (κ1) is 8.05. The van der Waals surface area contributed by atoms with Gasteiger partial charge in [-0.3, -0.25) is 0 Å². The second kappa shape index (κ2) is 2.73. The SMILES string of the molecule is CC1CC2CC(C)C(P)C2C1. The van der Waals surface area contributed by atoms with Gasteiger partial charge in [0.2, 0.25) is 0 Å². The van der Waals surface area contributed by atoms with Gasteiger partial charge in [-0.1, -0.05) is 13.8 Å². The molecule has 2 rings (SSSR count). The molecular formula is C10H19P. The molecule has 2 aliphatic carbocycles. The molecule has 0 nitrogen and oxygen atoms in total. The summed E-state index contributed by atoms with van der Waals surface area (Å²) in [5, 5.41) is 0. The smallest absolute Gasteiger partial charge is 0.0207 e. The first-order valence-electron chi connectivity index (χ1n) is 4.94. The lowest BCUT2D eigenvalue weighted by Gasteiger charge is -2.16. The molecule has 0 bridgehead atoms. The van der Waals surface area contributed by atoms with E-state index in [2.05, 4.69) is 23.1 Å². The molecule has 0 aromatic rings. The highest BCUT2D eigenvalue weighted by Gasteiger charge is 2.43. The summed E-state index contributed by atoms with van der Waals surface area (Å²) >= 11 is 0. The largest absolute Gasteiger partial charge is 0.134 e. The van der Waals surface area contributed by atoms with Gasteiger partial charge in [-0.05, 0) is 48.6 Å². The zero-order valence-corrected chi connectivity index (χ0v) is 8.74. The maximum Gasteiger partial charge on any atom is -0.0207 e. The molecule has 2 aliphatic rings.